The Labute approximate surface area is 183 Å². The number of fused-ring (bicyclic) bond motifs is 2. The first kappa shape index (κ1) is 19.5. The van der Waals surface area contributed by atoms with Gasteiger partial charge in [-0.25, -0.2) is 4.98 Å². The lowest BCUT2D eigenvalue weighted by atomic mass is 10.0. The molecule has 0 saturated heterocycles. The van der Waals surface area contributed by atoms with Crippen LogP contribution in [0.4, 0.5) is 5.69 Å². The molecule has 0 N–H and O–H groups in total. The van der Waals surface area contributed by atoms with Crippen LogP contribution in [0.2, 0.25) is 0 Å². The molecule has 2 aromatic heterocycles. The quantitative estimate of drug-likeness (QED) is 0.365. The van der Waals surface area contributed by atoms with E-state index >= 15 is 0 Å². The fourth-order valence-electron chi connectivity index (χ4n) is 3.92. The summed E-state index contributed by atoms with van der Waals surface area (Å²) in [7, 11) is 0. The van der Waals surface area contributed by atoms with Crippen LogP contribution < -0.4 is 10.5 Å². The van der Waals surface area contributed by atoms with Gasteiger partial charge in [-0.1, -0.05) is 42.1 Å². The molecule has 0 spiro atoms. The van der Waals surface area contributed by atoms with Gasteiger partial charge in [0.15, 0.2) is 5.16 Å². The third kappa shape index (κ3) is 3.72. The second-order valence-corrected chi connectivity index (χ2v) is 8.27. The Morgan fingerprint density at radius 2 is 1.87 bits per heavy atom. The Kier molecular flexibility index (Phi) is 5.26. The zero-order chi connectivity index (χ0) is 21.2. The normalized spacial score (nSPS) is 13.2. The van der Waals surface area contributed by atoms with E-state index in [1.165, 1.54) is 21.9 Å². The number of amides is 1. The number of rotatable bonds is 4. The van der Waals surface area contributed by atoms with Crippen LogP contribution in [0, 0.1) is 0 Å². The van der Waals surface area contributed by atoms with Crippen LogP contribution in [0.25, 0.3) is 16.6 Å². The Balaban J connectivity index is 1.50. The standard InChI is InChI=1S/C24H20N4O2S/c29-22(27-14-6-8-17-7-1-4-12-21(17)27)16-31-24-26-20-11-3-2-10-19(20)23(30)28(24)18-9-5-13-25-15-18/h1-5,7,9-13,15H,6,8,14,16H2. The summed E-state index contributed by atoms with van der Waals surface area (Å²) in [6.45, 7) is 0.705. The third-order valence-electron chi connectivity index (χ3n) is 5.39. The van der Waals surface area contributed by atoms with Crippen LogP contribution >= 0.6 is 11.8 Å². The number of aryl methyl sites for hydroxylation is 1. The molecule has 3 heterocycles. The summed E-state index contributed by atoms with van der Waals surface area (Å²) in [5, 5.41) is 1.02. The van der Waals surface area contributed by atoms with E-state index in [0.717, 1.165) is 18.5 Å². The van der Waals surface area contributed by atoms with Crippen LogP contribution in [-0.4, -0.2) is 32.7 Å². The lowest BCUT2D eigenvalue weighted by Gasteiger charge is -2.29. The molecule has 1 aliphatic heterocycles. The van der Waals surface area contributed by atoms with Gasteiger partial charge in [-0.15, -0.1) is 0 Å². The fraction of sp³-hybridized carbons (Fsp3) is 0.167. The van der Waals surface area contributed by atoms with Crippen molar-refractivity contribution in [2.45, 2.75) is 18.0 Å². The molecule has 0 bridgehead atoms. The summed E-state index contributed by atoms with van der Waals surface area (Å²) in [5.41, 5.74) is 3.26. The van der Waals surface area contributed by atoms with Gasteiger partial charge < -0.3 is 4.90 Å². The molecule has 0 unspecified atom stereocenters. The molecule has 5 rings (SSSR count). The van der Waals surface area contributed by atoms with Crippen molar-refractivity contribution in [1.29, 1.82) is 0 Å². The van der Waals surface area contributed by atoms with Gasteiger partial charge in [-0.3, -0.25) is 19.1 Å². The maximum absolute atomic E-state index is 13.2. The summed E-state index contributed by atoms with van der Waals surface area (Å²) >= 11 is 1.28. The number of nitrogens with zero attached hydrogens (tertiary/aromatic N) is 4. The minimum absolute atomic E-state index is 0.0114. The number of carbonyl (C=O) groups excluding carboxylic acids is 1. The highest BCUT2D eigenvalue weighted by atomic mass is 32.2. The first-order chi connectivity index (χ1) is 15.2. The van der Waals surface area contributed by atoms with Crippen molar-refractivity contribution in [3.63, 3.8) is 0 Å². The molecule has 0 fully saturated rings. The molecule has 1 aliphatic rings. The average molecular weight is 429 g/mol. The van der Waals surface area contributed by atoms with E-state index in [1.54, 1.807) is 24.5 Å². The van der Waals surface area contributed by atoms with Gasteiger partial charge in [0.2, 0.25) is 5.91 Å². The van der Waals surface area contributed by atoms with Gasteiger partial charge in [0.05, 0.1) is 28.5 Å². The highest BCUT2D eigenvalue weighted by Crippen LogP contribution is 2.28. The highest BCUT2D eigenvalue weighted by Gasteiger charge is 2.23. The maximum atomic E-state index is 13.2. The highest BCUT2D eigenvalue weighted by molar-refractivity contribution is 7.99. The van der Waals surface area contributed by atoms with E-state index in [2.05, 4.69) is 11.1 Å². The minimum atomic E-state index is -0.170. The number of anilines is 1. The number of para-hydroxylation sites is 2. The van der Waals surface area contributed by atoms with Crippen LogP contribution in [0.5, 0.6) is 0 Å². The molecule has 154 valence electrons. The monoisotopic (exact) mass is 428 g/mol. The zero-order valence-corrected chi connectivity index (χ0v) is 17.6. The summed E-state index contributed by atoms with van der Waals surface area (Å²) in [6.07, 6.45) is 5.22. The first-order valence-corrected chi connectivity index (χ1v) is 11.1. The predicted molar refractivity (Wildman–Crippen MR) is 123 cm³/mol. The van der Waals surface area contributed by atoms with E-state index in [4.69, 9.17) is 4.98 Å². The summed E-state index contributed by atoms with van der Waals surface area (Å²) in [5.74, 6) is 0.205. The lowest BCUT2D eigenvalue weighted by Crippen LogP contribution is -2.36. The molecule has 2 aromatic carbocycles. The molecule has 0 saturated carbocycles. The number of pyridine rings is 1. The van der Waals surface area contributed by atoms with Gasteiger partial charge in [0.25, 0.3) is 5.56 Å². The largest absolute Gasteiger partial charge is 0.311 e. The van der Waals surface area contributed by atoms with E-state index in [0.29, 0.717) is 28.3 Å². The Hall–Kier alpha value is -3.45. The number of aromatic nitrogens is 3. The maximum Gasteiger partial charge on any atom is 0.266 e. The van der Waals surface area contributed by atoms with Crippen molar-refractivity contribution >= 4 is 34.3 Å². The first-order valence-electron chi connectivity index (χ1n) is 10.2. The van der Waals surface area contributed by atoms with E-state index in [1.807, 2.05) is 47.4 Å². The number of thioether (sulfide) groups is 1. The van der Waals surface area contributed by atoms with Crippen molar-refractivity contribution in [1.82, 2.24) is 14.5 Å². The van der Waals surface area contributed by atoms with Gasteiger partial charge in [-0.2, -0.15) is 0 Å². The van der Waals surface area contributed by atoms with Crippen LogP contribution in [0.15, 0.2) is 83.0 Å². The predicted octanol–water partition coefficient (Wildman–Crippen LogP) is 3.85. The molecule has 7 heteroatoms. The average Bonchev–Trinajstić information content (AvgIpc) is 2.83. The van der Waals surface area contributed by atoms with Gasteiger partial charge in [0.1, 0.15) is 0 Å². The summed E-state index contributed by atoms with van der Waals surface area (Å²) in [6, 6.07) is 18.9. The molecule has 6 nitrogen and oxygen atoms in total. The van der Waals surface area contributed by atoms with Crippen molar-refractivity contribution < 1.29 is 4.79 Å². The molecule has 1 amide bonds. The minimum Gasteiger partial charge on any atom is -0.311 e. The summed E-state index contributed by atoms with van der Waals surface area (Å²) < 4.78 is 1.54. The molecule has 31 heavy (non-hydrogen) atoms. The smallest absolute Gasteiger partial charge is 0.266 e. The van der Waals surface area contributed by atoms with Crippen molar-refractivity contribution in [3.05, 3.63) is 89.0 Å². The molecular weight excluding hydrogens is 408 g/mol. The molecule has 0 aliphatic carbocycles. The molecular formula is C24H20N4O2S. The summed E-state index contributed by atoms with van der Waals surface area (Å²) in [4.78, 5) is 37.0. The van der Waals surface area contributed by atoms with E-state index in [-0.39, 0.29) is 17.2 Å². The molecule has 0 radical (unpaired) electrons. The number of carbonyl (C=O) groups is 1. The third-order valence-corrected chi connectivity index (χ3v) is 6.31. The lowest BCUT2D eigenvalue weighted by molar-refractivity contribution is -0.116. The SMILES string of the molecule is O=C(CSc1nc2ccccc2c(=O)n1-c1cccnc1)N1CCCc2ccccc21. The van der Waals surface area contributed by atoms with Crippen molar-refractivity contribution in [2.75, 3.05) is 17.2 Å². The van der Waals surface area contributed by atoms with Crippen LogP contribution in [0.3, 0.4) is 0 Å². The Morgan fingerprint density at radius 1 is 1.03 bits per heavy atom. The topological polar surface area (TPSA) is 68.1 Å². The van der Waals surface area contributed by atoms with Crippen molar-refractivity contribution in [2.24, 2.45) is 0 Å². The number of hydrogen-bond donors (Lipinski definition) is 0. The molecule has 4 aromatic rings. The Morgan fingerprint density at radius 3 is 2.74 bits per heavy atom. The Bertz CT molecular complexity index is 1320. The van der Waals surface area contributed by atoms with Gasteiger partial charge in [-0.05, 0) is 48.7 Å². The van der Waals surface area contributed by atoms with Crippen LogP contribution in [0.1, 0.15) is 12.0 Å². The second kappa shape index (κ2) is 8.35. The second-order valence-electron chi connectivity index (χ2n) is 7.33. The van der Waals surface area contributed by atoms with E-state index in [9.17, 15) is 9.59 Å². The van der Waals surface area contributed by atoms with Gasteiger partial charge >= 0.3 is 0 Å². The molecule has 0 atom stereocenters. The number of hydrogen-bond acceptors (Lipinski definition) is 5. The van der Waals surface area contributed by atoms with Crippen LogP contribution in [-0.2, 0) is 11.2 Å². The number of benzene rings is 2. The van der Waals surface area contributed by atoms with Crippen molar-refractivity contribution in [3.8, 4) is 5.69 Å². The van der Waals surface area contributed by atoms with Gasteiger partial charge in [0, 0.05) is 18.4 Å². The fourth-order valence-corrected chi connectivity index (χ4v) is 4.81. The zero-order valence-electron chi connectivity index (χ0n) is 16.8. The van der Waals surface area contributed by atoms with E-state index < -0.39 is 0 Å².